The molecule has 4 heterocycles. The van der Waals surface area contributed by atoms with E-state index < -0.39 is 27.4 Å². The van der Waals surface area contributed by atoms with Crippen molar-refractivity contribution in [2.24, 2.45) is 11.8 Å². The molecule has 0 aliphatic carbocycles. The van der Waals surface area contributed by atoms with E-state index in [0.29, 0.717) is 19.4 Å². The van der Waals surface area contributed by atoms with Crippen molar-refractivity contribution in [2.75, 3.05) is 33.3 Å². The summed E-state index contributed by atoms with van der Waals surface area (Å²) in [4.78, 5) is 47.2. The number of hydrogen-bond donors (Lipinski definition) is 1. The molecule has 208 valence electrons. The van der Waals surface area contributed by atoms with E-state index in [2.05, 4.69) is 30.4 Å². The van der Waals surface area contributed by atoms with E-state index in [1.165, 1.54) is 0 Å². The first-order valence-electron chi connectivity index (χ1n) is 13.4. The minimum atomic E-state index is -0.759. The average molecular weight is 553 g/mol. The van der Waals surface area contributed by atoms with Crippen LogP contribution in [-0.2, 0) is 21.1 Å². The zero-order valence-electron chi connectivity index (χ0n) is 22.5. The SMILES string of the molecule is C=CCN(C)C(=O)[C@H]1[C@H]2C(=O)N(CCCO)C(C(=O)N(CC=C)Cn3nnc4ccccc43)C23CC[C@]1(C)S3. The monoisotopic (exact) mass is 552 g/mol. The maximum atomic E-state index is 14.5. The van der Waals surface area contributed by atoms with E-state index in [1.807, 2.05) is 24.3 Å². The molecule has 0 radical (unpaired) electrons. The Morgan fingerprint density at radius 2 is 1.95 bits per heavy atom. The van der Waals surface area contributed by atoms with Gasteiger partial charge in [0.15, 0.2) is 0 Å². The first kappa shape index (κ1) is 27.4. The van der Waals surface area contributed by atoms with E-state index in [4.69, 9.17) is 0 Å². The fourth-order valence-electron chi connectivity index (χ4n) is 6.81. The third-order valence-corrected chi connectivity index (χ3v) is 10.5. The molecule has 5 rings (SSSR count). The van der Waals surface area contributed by atoms with Crippen LogP contribution < -0.4 is 0 Å². The van der Waals surface area contributed by atoms with Crippen LogP contribution in [-0.4, -0.2) is 101 Å². The lowest BCUT2D eigenvalue weighted by molar-refractivity contribution is -0.145. The summed E-state index contributed by atoms with van der Waals surface area (Å²) in [5.74, 6) is -1.60. The van der Waals surface area contributed by atoms with Crippen molar-refractivity contribution in [3.8, 4) is 0 Å². The number of carbonyl (C=O) groups is 3. The van der Waals surface area contributed by atoms with Crippen LogP contribution in [0.25, 0.3) is 11.0 Å². The van der Waals surface area contributed by atoms with Gasteiger partial charge >= 0.3 is 0 Å². The second-order valence-electron chi connectivity index (χ2n) is 10.9. The number of aromatic nitrogens is 3. The lowest BCUT2D eigenvalue weighted by Crippen LogP contribution is -2.55. The van der Waals surface area contributed by atoms with Crippen molar-refractivity contribution in [1.29, 1.82) is 0 Å². The van der Waals surface area contributed by atoms with Crippen LogP contribution in [0.3, 0.4) is 0 Å². The topological polar surface area (TPSA) is 112 Å². The number of likely N-dealkylation sites (N-methyl/N-ethyl adjacent to an activating group) is 1. The second kappa shape index (κ2) is 10.4. The van der Waals surface area contributed by atoms with Crippen molar-refractivity contribution >= 4 is 40.5 Å². The molecule has 1 aromatic carbocycles. The molecule has 10 nitrogen and oxygen atoms in total. The summed E-state index contributed by atoms with van der Waals surface area (Å²) < 4.78 is 0.509. The molecule has 5 atom stereocenters. The van der Waals surface area contributed by atoms with Gasteiger partial charge in [-0.1, -0.05) is 29.5 Å². The minimum Gasteiger partial charge on any atom is -0.396 e. The van der Waals surface area contributed by atoms with Gasteiger partial charge in [-0.15, -0.1) is 30.0 Å². The van der Waals surface area contributed by atoms with Crippen LogP contribution in [0, 0.1) is 11.8 Å². The summed E-state index contributed by atoms with van der Waals surface area (Å²) in [6.07, 6.45) is 5.10. The smallest absolute Gasteiger partial charge is 0.248 e. The highest BCUT2D eigenvalue weighted by Gasteiger charge is 2.77. The number of hydrogen-bond acceptors (Lipinski definition) is 7. The fourth-order valence-corrected chi connectivity index (χ4v) is 9.16. The Kier molecular flexibility index (Phi) is 7.32. The first-order chi connectivity index (χ1) is 18.7. The largest absolute Gasteiger partial charge is 0.396 e. The van der Waals surface area contributed by atoms with Crippen molar-refractivity contribution in [2.45, 2.75) is 48.4 Å². The average Bonchev–Trinajstić information content (AvgIpc) is 3.62. The summed E-state index contributed by atoms with van der Waals surface area (Å²) in [6.45, 7) is 10.6. The number of carbonyl (C=O) groups excluding carboxylic acids is 3. The van der Waals surface area contributed by atoms with E-state index in [9.17, 15) is 19.5 Å². The van der Waals surface area contributed by atoms with Crippen LogP contribution in [0.5, 0.6) is 0 Å². The van der Waals surface area contributed by atoms with E-state index >= 15 is 0 Å². The molecular formula is C28H36N6O4S. The number of para-hydroxylation sites is 1. The van der Waals surface area contributed by atoms with Gasteiger partial charge in [0.05, 0.1) is 22.1 Å². The predicted octanol–water partition coefficient (Wildman–Crippen LogP) is 1.91. The van der Waals surface area contributed by atoms with Gasteiger partial charge in [0.2, 0.25) is 17.7 Å². The molecule has 39 heavy (non-hydrogen) atoms. The molecule has 1 N–H and O–H groups in total. The Hall–Kier alpha value is -3.18. The third-order valence-electron chi connectivity index (χ3n) is 8.50. The molecule has 3 aliphatic rings. The summed E-state index contributed by atoms with van der Waals surface area (Å²) in [6, 6.07) is 6.79. The highest BCUT2D eigenvalue weighted by atomic mass is 32.2. The van der Waals surface area contributed by atoms with Crippen LogP contribution >= 0.6 is 11.8 Å². The maximum absolute atomic E-state index is 14.5. The van der Waals surface area contributed by atoms with Crippen LogP contribution in [0.15, 0.2) is 49.6 Å². The van der Waals surface area contributed by atoms with E-state index in [1.54, 1.807) is 50.3 Å². The van der Waals surface area contributed by atoms with Crippen molar-refractivity contribution in [3.63, 3.8) is 0 Å². The van der Waals surface area contributed by atoms with Gasteiger partial charge in [-0.25, -0.2) is 4.68 Å². The quantitative estimate of drug-likeness (QED) is 0.424. The Bertz CT molecular complexity index is 1310. The summed E-state index contributed by atoms with van der Waals surface area (Å²) >= 11 is 1.64. The maximum Gasteiger partial charge on any atom is 0.248 e. The van der Waals surface area contributed by atoms with Gasteiger partial charge in [-0.05, 0) is 38.3 Å². The van der Waals surface area contributed by atoms with Crippen LogP contribution in [0.4, 0.5) is 0 Å². The highest BCUT2D eigenvalue weighted by molar-refractivity contribution is 8.02. The number of thioether (sulfide) groups is 1. The summed E-state index contributed by atoms with van der Waals surface area (Å²) in [5, 5.41) is 18.1. The molecule has 1 aromatic heterocycles. The molecule has 3 fully saturated rings. The van der Waals surface area contributed by atoms with Crippen molar-refractivity contribution in [1.82, 2.24) is 29.7 Å². The Balaban J connectivity index is 1.53. The second-order valence-corrected chi connectivity index (χ2v) is 12.8. The Morgan fingerprint density at radius 3 is 2.67 bits per heavy atom. The fraction of sp³-hybridized carbons (Fsp3) is 0.536. The molecule has 11 heteroatoms. The molecule has 3 amide bonds. The van der Waals surface area contributed by atoms with Crippen molar-refractivity contribution in [3.05, 3.63) is 49.6 Å². The number of rotatable bonds is 11. The number of aliphatic hydroxyl groups is 1. The van der Waals surface area contributed by atoms with E-state index in [0.717, 1.165) is 17.5 Å². The lowest BCUT2D eigenvalue weighted by atomic mass is 9.66. The van der Waals surface area contributed by atoms with Gasteiger partial charge in [-0.2, -0.15) is 0 Å². The lowest BCUT2D eigenvalue weighted by Gasteiger charge is -2.37. The number of benzene rings is 1. The van der Waals surface area contributed by atoms with Crippen molar-refractivity contribution < 1.29 is 19.5 Å². The normalized spacial score (nSPS) is 29.1. The number of fused-ring (bicyclic) bond motifs is 2. The number of likely N-dealkylation sites (tertiary alicyclic amines) is 1. The van der Waals surface area contributed by atoms with Gasteiger partial charge in [0.1, 0.15) is 18.2 Å². The molecule has 2 bridgehead atoms. The van der Waals surface area contributed by atoms with E-state index in [-0.39, 0.29) is 44.1 Å². The predicted molar refractivity (Wildman–Crippen MR) is 149 cm³/mol. The molecule has 0 saturated carbocycles. The molecule has 3 saturated heterocycles. The number of amides is 3. The summed E-state index contributed by atoms with van der Waals surface area (Å²) in [5.41, 5.74) is 1.53. The molecule has 1 spiro atoms. The zero-order chi connectivity index (χ0) is 27.9. The molecular weight excluding hydrogens is 516 g/mol. The highest BCUT2D eigenvalue weighted by Crippen LogP contribution is 2.71. The molecule has 2 unspecified atom stereocenters. The van der Waals surface area contributed by atoms with Crippen LogP contribution in [0.2, 0.25) is 0 Å². The van der Waals surface area contributed by atoms with Gasteiger partial charge < -0.3 is 19.8 Å². The Labute approximate surface area is 232 Å². The minimum absolute atomic E-state index is 0.0861. The van der Waals surface area contributed by atoms with Gasteiger partial charge in [-0.3, -0.25) is 14.4 Å². The van der Waals surface area contributed by atoms with Crippen LogP contribution in [0.1, 0.15) is 26.2 Å². The zero-order valence-corrected chi connectivity index (χ0v) is 23.3. The number of nitrogens with zero attached hydrogens (tertiary/aromatic N) is 6. The standard InChI is InChI=1S/C28H36N6O4S/c1-5-14-31(4)24(36)21-22-25(37)33(16-9-17-35)23(28(22)13-12-27(21,3)39-28)26(38)32(15-6-2)18-34-20-11-8-7-10-19(20)29-30-34/h5-8,10-11,21-23,35H,1-2,9,12-18H2,3-4H3/t21-,22+,23?,27+,28?/m1/s1. The van der Waals surface area contributed by atoms with Gasteiger partial charge in [0.25, 0.3) is 0 Å². The number of aliphatic hydroxyl groups excluding tert-OH is 1. The molecule has 3 aliphatic heterocycles. The first-order valence-corrected chi connectivity index (χ1v) is 14.2. The summed E-state index contributed by atoms with van der Waals surface area (Å²) in [7, 11) is 1.73. The molecule has 2 aromatic rings. The Morgan fingerprint density at radius 1 is 1.21 bits per heavy atom. The van der Waals surface area contributed by atoms with Gasteiger partial charge in [0, 0.05) is 38.0 Å². The third kappa shape index (κ3) is 4.26.